The van der Waals surface area contributed by atoms with Crippen molar-refractivity contribution in [3.8, 4) is 0 Å². The van der Waals surface area contributed by atoms with Gasteiger partial charge in [-0.1, -0.05) is 0 Å². The molecule has 1 N–H and O–H groups in total. The Balaban J connectivity index is 0.000000215. The number of methoxy groups -OCH3 is 1. The van der Waals surface area contributed by atoms with Gasteiger partial charge in [0.1, 0.15) is 0 Å². The Kier molecular flexibility index (Phi) is 9.36. The van der Waals surface area contributed by atoms with Crippen molar-refractivity contribution in [3.05, 3.63) is 47.2 Å². The zero-order valence-electron chi connectivity index (χ0n) is 16.8. The molecule has 152 valence electrons. The molecule has 0 saturated heterocycles. The number of carboxylic acid groups (broad SMARTS) is 1. The molecule has 0 unspecified atom stereocenters. The van der Waals surface area contributed by atoms with Crippen LogP contribution in [0.15, 0.2) is 5.51 Å². The van der Waals surface area contributed by atoms with E-state index in [1.54, 1.807) is 18.3 Å². The van der Waals surface area contributed by atoms with Crippen molar-refractivity contribution >= 4 is 45.9 Å². The van der Waals surface area contributed by atoms with Crippen LogP contribution in [0.3, 0.4) is 0 Å². The summed E-state index contributed by atoms with van der Waals surface area (Å²) in [5.74, 6) is -1.30. The zero-order valence-corrected chi connectivity index (χ0v) is 19.3. The number of hydrogen-bond donors (Lipinski definition) is 1. The lowest BCUT2D eigenvalue weighted by Crippen LogP contribution is -1.99. The molecule has 0 fully saturated rings. The highest BCUT2D eigenvalue weighted by atomic mass is 32.1. The molecule has 0 amide bonds. The van der Waals surface area contributed by atoms with Crippen LogP contribution in [0, 0.1) is 41.5 Å². The molecular formula is C18H23N3O4S3. The van der Waals surface area contributed by atoms with Crippen molar-refractivity contribution in [1.82, 2.24) is 15.0 Å². The van der Waals surface area contributed by atoms with E-state index in [4.69, 9.17) is 5.11 Å². The van der Waals surface area contributed by atoms with Crippen LogP contribution >= 0.6 is 34.0 Å². The Bertz CT molecular complexity index is 888. The molecule has 0 aliphatic heterocycles. The molecule has 0 atom stereocenters. The van der Waals surface area contributed by atoms with E-state index in [0.717, 1.165) is 26.8 Å². The summed E-state index contributed by atoms with van der Waals surface area (Å²) < 4.78 is 4.51. The highest BCUT2D eigenvalue weighted by molar-refractivity contribution is 7.13. The maximum atomic E-state index is 10.9. The predicted molar refractivity (Wildman–Crippen MR) is 113 cm³/mol. The van der Waals surface area contributed by atoms with Crippen LogP contribution in [-0.4, -0.2) is 39.1 Å². The van der Waals surface area contributed by atoms with Crippen LogP contribution in [0.4, 0.5) is 0 Å². The van der Waals surface area contributed by atoms with Gasteiger partial charge in [0.25, 0.3) is 0 Å². The third-order valence-electron chi connectivity index (χ3n) is 3.59. The molecule has 3 rings (SSSR count). The quantitative estimate of drug-likeness (QED) is 0.572. The molecule has 3 aromatic heterocycles. The van der Waals surface area contributed by atoms with Gasteiger partial charge in [0, 0.05) is 14.6 Å². The monoisotopic (exact) mass is 441 g/mol. The van der Waals surface area contributed by atoms with Crippen molar-refractivity contribution in [2.75, 3.05) is 7.11 Å². The van der Waals surface area contributed by atoms with Crippen LogP contribution in [0.5, 0.6) is 0 Å². The van der Waals surface area contributed by atoms with Crippen molar-refractivity contribution < 1.29 is 19.4 Å². The number of aromatic nitrogens is 3. The summed E-state index contributed by atoms with van der Waals surface area (Å²) in [6, 6.07) is 0. The van der Waals surface area contributed by atoms with Gasteiger partial charge in [-0.25, -0.2) is 24.5 Å². The topological polar surface area (TPSA) is 102 Å². The van der Waals surface area contributed by atoms with Crippen LogP contribution in [0.2, 0.25) is 0 Å². The third kappa shape index (κ3) is 7.10. The lowest BCUT2D eigenvalue weighted by Gasteiger charge is -1.89. The molecule has 0 bridgehead atoms. The highest BCUT2D eigenvalue weighted by Gasteiger charge is 2.11. The first-order valence-corrected chi connectivity index (χ1v) is 10.6. The Hall–Kier alpha value is -2.17. The van der Waals surface area contributed by atoms with E-state index < -0.39 is 5.97 Å². The van der Waals surface area contributed by atoms with E-state index in [-0.39, 0.29) is 11.0 Å². The molecule has 7 nitrogen and oxygen atoms in total. The highest BCUT2D eigenvalue weighted by Crippen LogP contribution is 2.17. The number of hydrogen-bond acceptors (Lipinski definition) is 9. The van der Waals surface area contributed by atoms with Gasteiger partial charge in [0.2, 0.25) is 10.0 Å². The van der Waals surface area contributed by atoms with Crippen molar-refractivity contribution in [1.29, 1.82) is 0 Å². The molecule has 10 heteroatoms. The summed E-state index contributed by atoms with van der Waals surface area (Å²) >= 11 is 4.27. The number of esters is 1. The number of carboxylic acids is 1. The maximum absolute atomic E-state index is 10.9. The van der Waals surface area contributed by atoms with Crippen molar-refractivity contribution in [2.24, 2.45) is 0 Å². The molecule has 3 aromatic rings. The fraction of sp³-hybridized carbons (Fsp3) is 0.389. The number of thiazole rings is 3. The number of rotatable bonds is 2. The van der Waals surface area contributed by atoms with Crippen LogP contribution in [-0.2, 0) is 4.74 Å². The molecule has 0 aromatic carbocycles. The number of nitrogens with zero attached hydrogens (tertiary/aromatic N) is 3. The van der Waals surface area contributed by atoms with Crippen molar-refractivity contribution in [3.63, 3.8) is 0 Å². The second-order valence-corrected chi connectivity index (χ2v) is 9.08. The fourth-order valence-corrected chi connectivity index (χ4v) is 3.75. The standard InChI is InChI=1S/C7H9NO2S.C6H7NO2S.C5H7NS/c1-4-5(2)11-6(8-4)7(9)10-3;1-3-4(2)10-5(7-3)6(8)9;1-4-5(2)7-3-6-4/h1-3H3;1-2H3,(H,8,9);3H,1-2H3. The Morgan fingerprint density at radius 3 is 1.57 bits per heavy atom. The Morgan fingerprint density at radius 2 is 1.36 bits per heavy atom. The smallest absolute Gasteiger partial charge is 0.367 e. The van der Waals surface area contributed by atoms with Gasteiger partial charge in [0.15, 0.2) is 0 Å². The first-order valence-electron chi connectivity index (χ1n) is 8.13. The van der Waals surface area contributed by atoms with E-state index in [2.05, 4.69) is 26.6 Å². The lowest BCUT2D eigenvalue weighted by atomic mass is 10.4. The number of aryl methyl sites for hydroxylation is 6. The molecule has 3 heterocycles. The van der Waals surface area contributed by atoms with Gasteiger partial charge in [-0.05, 0) is 41.5 Å². The summed E-state index contributed by atoms with van der Waals surface area (Å²) in [5, 5.41) is 9.08. The SMILES string of the molecule is COC(=O)c1nc(C)c(C)s1.Cc1nc(C(=O)O)sc1C.Cc1ncsc1C. The van der Waals surface area contributed by atoms with Crippen LogP contribution in [0.25, 0.3) is 0 Å². The third-order valence-corrected chi connectivity index (χ3v) is 6.56. The molecular weight excluding hydrogens is 418 g/mol. The summed E-state index contributed by atoms with van der Waals surface area (Å²) in [4.78, 5) is 36.5. The minimum absolute atomic E-state index is 0.176. The van der Waals surface area contributed by atoms with E-state index in [9.17, 15) is 9.59 Å². The molecule has 0 saturated carbocycles. The second kappa shape index (κ2) is 11.0. The predicted octanol–water partition coefficient (Wildman–Crippen LogP) is 4.76. The van der Waals surface area contributed by atoms with Gasteiger partial charge in [0.05, 0.1) is 29.7 Å². The van der Waals surface area contributed by atoms with Crippen LogP contribution < -0.4 is 0 Å². The summed E-state index contributed by atoms with van der Waals surface area (Å²) in [6.45, 7) is 11.6. The fourth-order valence-electron chi connectivity index (χ4n) is 1.57. The van der Waals surface area contributed by atoms with Gasteiger partial charge in [-0.2, -0.15) is 0 Å². The maximum Gasteiger partial charge on any atom is 0.367 e. The normalized spacial score (nSPS) is 9.68. The van der Waals surface area contributed by atoms with Crippen molar-refractivity contribution in [2.45, 2.75) is 41.5 Å². The lowest BCUT2D eigenvalue weighted by molar-refractivity contribution is 0.0599. The number of ether oxygens (including phenoxy) is 1. The van der Waals surface area contributed by atoms with Gasteiger partial charge in [-0.3, -0.25) is 0 Å². The number of carbonyl (C=O) groups excluding carboxylic acids is 1. The first-order chi connectivity index (χ1) is 13.1. The average molecular weight is 442 g/mol. The molecule has 28 heavy (non-hydrogen) atoms. The van der Waals surface area contributed by atoms with Crippen LogP contribution in [0.1, 0.15) is 51.3 Å². The van der Waals surface area contributed by atoms with Gasteiger partial charge < -0.3 is 9.84 Å². The largest absolute Gasteiger partial charge is 0.476 e. The summed E-state index contributed by atoms with van der Waals surface area (Å²) in [6.07, 6.45) is 0. The average Bonchev–Trinajstić information content (AvgIpc) is 3.29. The molecule has 0 spiro atoms. The summed E-state index contributed by atoms with van der Waals surface area (Å²) in [7, 11) is 1.36. The Labute approximate surface area is 176 Å². The van der Waals surface area contributed by atoms with E-state index in [0.29, 0.717) is 5.01 Å². The number of carbonyl (C=O) groups is 2. The molecule has 0 radical (unpaired) electrons. The van der Waals surface area contributed by atoms with E-state index >= 15 is 0 Å². The van der Waals surface area contributed by atoms with E-state index in [1.165, 1.54) is 34.7 Å². The van der Waals surface area contributed by atoms with Gasteiger partial charge in [-0.15, -0.1) is 34.0 Å². The van der Waals surface area contributed by atoms with Gasteiger partial charge >= 0.3 is 11.9 Å². The molecule has 0 aliphatic rings. The molecule has 0 aliphatic carbocycles. The minimum atomic E-state index is -0.943. The first kappa shape index (κ1) is 23.9. The number of aromatic carboxylic acids is 1. The second-order valence-electron chi connectivity index (χ2n) is 5.61. The zero-order chi connectivity index (χ0) is 21.4. The Morgan fingerprint density at radius 1 is 0.857 bits per heavy atom. The minimum Gasteiger partial charge on any atom is -0.476 e. The summed E-state index contributed by atoms with van der Waals surface area (Å²) in [5.41, 5.74) is 4.73. The van der Waals surface area contributed by atoms with E-state index in [1.807, 2.05) is 33.2 Å².